The average molecular weight is 548 g/mol. The number of halogens is 2. The fraction of sp³-hybridized carbons (Fsp3) is 0.667. The standard InChI is InChI=1S/C30H40Cl2N2O3/c1-19-4-5-20(16-25(19)34(14-12-31)15-13-32)28(36)37-26-9-8-23-22-7-6-21-17-27(35)33-18-30(21,3)24(22)10-11-29(23,26)2/h4-5,16-17,22-24,26H,6-15,18H2,1-3H3,(H,33,35)/t22-,23-,24-,26-,29-,30-/m0/s1. The molecule has 7 heteroatoms. The Labute approximate surface area is 231 Å². The molecule has 0 saturated heterocycles. The first kappa shape index (κ1) is 26.9. The smallest absolute Gasteiger partial charge is 0.338 e. The van der Waals surface area contributed by atoms with Gasteiger partial charge >= 0.3 is 5.97 Å². The van der Waals surface area contributed by atoms with Crippen LogP contribution in [0.4, 0.5) is 5.69 Å². The van der Waals surface area contributed by atoms with E-state index in [1.807, 2.05) is 31.2 Å². The molecule has 0 bridgehead atoms. The molecule has 4 aliphatic rings. The number of ether oxygens (including phenoxy) is 1. The van der Waals surface area contributed by atoms with Crippen molar-refractivity contribution in [2.45, 2.75) is 65.4 Å². The number of aryl methyl sites for hydroxylation is 1. The number of hydrogen-bond donors (Lipinski definition) is 1. The highest BCUT2D eigenvalue weighted by molar-refractivity contribution is 6.18. The van der Waals surface area contributed by atoms with Crippen molar-refractivity contribution in [2.75, 3.05) is 36.3 Å². The molecular weight excluding hydrogens is 507 g/mol. The van der Waals surface area contributed by atoms with E-state index in [-0.39, 0.29) is 28.8 Å². The maximum absolute atomic E-state index is 13.4. The number of carbonyl (C=O) groups excluding carboxylic acids is 2. The lowest BCUT2D eigenvalue weighted by molar-refractivity contribution is -0.119. The van der Waals surface area contributed by atoms with Gasteiger partial charge < -0.3 is 15.0 Å². The number of benzene rings is 1. The van der Waals surface area contributed by atoms with Gasteiger partial charge in [0.25, 0.3) is 0 Å². The predicted molar refractivity (Wildman–Crippen MR) is 150 cm³/mol. The van der Waals surface area contributed by atoms with E-state index < -0.39 is 0 Å². The first-order chi connectivity index (χ1) is 17.7. The zero-order valence-electron chi connectivity index (χ0n) is 22.3. The predicted octanol–water partition coefficient (Wildman–Crippen LogP) is 6.10. The van der Waals surface area contributed by atoms with Crippen molar-refractivity contribution in [3.8, 4) is 0 Å². The van der Waals surface area contributed by atoms with E-state index in [1.165, 1.54) is 5.57 Å². The number of alkyl halides is 2. The summed E-state index contributed by atoms with van der Waals surface area (Å²) in [6.07, 6.45) is 8.17. The number of rotatable bonds is 7. The lowest BCUT2D eigenvalue weighted by Gasteiger charge is -2.57. The van der Waals surface area contributed by atoms with Gasteiger partial charge in [0.05, 0.1) is 5.56 Å². The van der Waals surface area contributed by atoms with Gasteiger partial charge in [-0.3, -0.25) is 4.79 Å². The molecule has 202 valence electrons. The molecule has 1 N–H and O–H groups in total. The molecule has 3 aliphatic carbocycles. The lowest BCUT2D eigenvalue weighted by Crippen LogP contribution is -2.55. The van der Waals surface area contributed by atoms with Crippen LogP contribution in [-0.4, -0.2) is 49.4 Å². The molecule has 0 radical (unpaired) electrons. The molecule has 5 nitrogen and oxygen atoms in total. The van der Waals surface area contributed by atoms with Gasteiger partial charge in [-0.25, -0.2) is 4.79 Å². The van der Waals surface area contributed by atoms with Crippen LogP contribution in [0.5, 0.6) is 0 Å². The van der Waals surface area contributed by atoms with Gasteiger partial charge in [0, 0.05) is 54.0 Å². The minimum absolute atomic E-state index is 0.00310. The molecular formula is C30H40Cl2N2O3. The first-order valence-corrected chi connectivity index (χ1v) is 15.0. The number of fused-ring (bicyclic) bond motifs is 5. The summed E-state index contributed by atoms with van der Waals surface area (Å²) in [5.74, 6) is 2.57. The number of amides is 1. The number of nitrogens with one attached hydrogen (secondary N) is 1. The van der Waals surface area contributed by atoms with Crippen LogP contribution < -0.4 is 10.2 Å². The quantitative estimate of drug-likeness (QED) is 0.331. The summed E-state index contributed by atoms with van der Waals surface area (Å²) >= 11 is 12.1. The van der Waals surface area contributed by atoms with Gasteiger partial charge in [-0.1, -0.05) is 25.5 Å². The monoisotopic (exact) mass is 546 g/mol. The minimum Gasteiger partial charge on any atom is -0.458 e. The van der Waals surface area contributed by atoms with Gasteiger partial charge in [0.1, 0.15) is 6.10 Å². The Bertz CT molecular complexity index is 1080. The molecule has 3 fully saturated rings. The van der Waals surface area contributed by atoms with E-state index in [1.54, 1.807) is 0 Å². The molecule has 1 heterocycles. The minimum atomic E-state index is -0.234. The van der Waals surface area contributed by atoms with Crippen molar-refractivity contribution in [1.29, 1.82) is 0 Å². The number of nitrogens with zero attached hydrogens (tertiary/aromatic N) is 1. The fourth-order valence-electron chi connectivity index (χ4n) is 8.27. The maximum atomic E-state index is 13.4. The van der Waals surface area contributed by atoms with E-state index in [2.05, 4.69) is 24.1 Å². The highest BCUT2D eigenvalue weighted by atomic mass is 35.5. The van der Waals surface area contributed by atoms with Crippen LogP contribution in [0.1, 0.15) is 68.3 Å². The van der Waals surface area contributed by atoms with Crippen LogP contribution in [0.15, 0.2) is 29.8 Å². The first-order valence-electron chi connectivity index (χ1n) is 13.9. The lowest BCUT2D eigenvalue weighted by atomic mass is 9.48. The topological polar surface area (TPSA) is 58.6 Å². The van der Waals surface area contributed by atoms with Crippen LogP contribution in [-0.2, 0) is 9.53 Å². The Morgan fingerprint density at radius 2 is 1.86 bits per heavy atom. The van der Waals surface area contributed by atoms with Crippen molar-refractivity contribution in [3.05, 3.63) is 41.0 Å². The Balaban J connectivity index is 1.32. The van der Waals surface area contributed by atoms with Crippen LogP contribution in [0, 0.1) is 35.5 Å². The molecule has 3 saturated carbocycles. The Kier molecular flexibility index (Phi) is 7.59. The van der Waals surface area contributed by atoms with Gasteiger partial charge in [0.2, 0.25) is 5.91 Å². The molecule has 6 atom stereocenters. The number of anilines is 1. The van der Waals surface area contributed by atoms with Gasteiger partial charge in [0.15, 0.2) is 0 Å². The molecule has 1 aromatic carbocycles. The van der Waals surface area contributed by atoms with Crippen molar-refractivity contribution < 1.29 is 14.3 Å². The van der Waals surface area contributed by atoms with E-state index in [4.69, 9.17) is 27.9 Å². The molecule has 1 aliphatic heterocycles. The molecule has 1 amide bonds. The molecule has 1 aromatic rings. The van der Waals surface area contributed by atoms with Crippen LogP contribution >= 0.6 is 23.2 Å². The van der Waals surface area contributed by atoms with Crippen molar-refractivity contribution in [1.82, 2.24) is 5.32 Å². The van der Waals surface area contributed by atoms with E-state index in [0.717, 1.165) is 56.3 Å². The Morgan fingerprint density at radius 1 is 1.11 bits per heavy atom. The maximum Gasteiger partial charge on any atom is 0.338 e. The third kappa shape index (κ3) is 4.69. The second-order valence-electron chi connectivity index (χ2n) is 12.1. The second-order valence-corrected chi connectivity index (χ2v) is 12.9. The van der Waals surface area contributed by atoms with Gasteiger partial charge in [-0.15, -0.1) is 23.2 Å². The highest BCUT2D eigenvalue weighted by Gasteiger charge is 2.60. The van der Waals surface area contributed by atoms with Crippen molar-refractivity contribution >= 4 is 40.8 Å². The summed E-state index contributed by atoms with van der Waals surface area (Å²) in [4.78, 5) is 27.6. The second kappa shape index (κ2) is 10.4. The van der Waals surface area contributed by atoms with E-state index in [0.29, 0.717) is 48.2 Å². The number of esters is 1. The zero-order chi connectivity index (χ0) is 26.4. The average Bonchev–Trinajstić information content (AvgIpc) is 3.20. The van der Waals surface area contributed by atoms with Crippen molar-refractivity contribution in [2.24, 2.45) is 28.6 Å². The van der Waals surface area contributed by atoms with Crippen molar-refractivity contribution in [3.63, 3.8) is 0 Å². The summed E-state index contributed by atoms with van der Waals surface area (Å²) in [5, 5.41) is 3.11. The number of carbonyl (C=O) groups is 2. The SMILES string of the molecule is Cc1ccc(C(=O)O[C@H]2CC[C@H]3[C@@H]4CCC5=CC(=O)NC[C@]5(C)[C@H]4CC[C@]23C)cc1N(CCCl)CCCl. The molecule has 37 heavy (non-hydrogen) atoms. The van der Waals surface area contributed by atoms with Crippen LogP contribution in [0.3, 0.4) is 0 Å². The van der Waals surface area contributed by atoms with E-state index >= 15 is 0 Å². The number of hydrogen-bond acceptors (Lipinski definition) is 4. The third-order valence-electron chi connectivity index (χ3n) is 10.3. The third-order valence-corrected chi connectivity index (χ3v) is 10.7. The largest absolute Gasteiger partial charge is 0.458 e. The summed E-state index contributed by atoms with van der Waals surface area (Å²) in [7, 11) is 0. The Hall–Kier alpha value is -1.72. The molecule has 0 aromatic heterocycles. The zero-order valence-corrected chi connectivity index (χ0v) is 23.8. The Morgan fingerprint density at radius 3 is 2.59 bits per heavy atom. The van der Waals surface area contributed by atoms with Gasteiger partial charge in [-0.2, -0.15) is 0 Å². The van der Waals surface area contributed by atoms with E-state index in [9.17, 15) is 9.59 Å². The van der Waals surface area contributed by atoms with Crippen LogP contribution in [0.2, 0.25) is 0 Å². The fourth-order valence-corrected chi connectivity index (χ4v) is 8.67. The summed E-state index contributed by atoms with van der Waals surface area (Å²) in [6.45, 7) is 8.87. The summed E-state index contributed by atoms with van der Waals surface area (Å²) in [5.41, 5.74) is 4.08. The molecule has 0 spiro atoms. The normalized spacial score (nSPS) is 34.5. The molecule has 5 rings (SSSR count). The highest BCUT2D eigenvalue weighted by Crippen LogP contribution is 2.64. The molecule has 0 unspecified atom stereocenters. The van der Waals surface area contributed by atoms with Crippen LogP contribution in [0.25, 0.3) is 0 Å². The summed E-state index contributed by atoms with van der Waals surface area (Å²) in [6, 6.07) is 5.80. The summed E-state index contributed by atoms with van der Waals surface area (Å²) < 4.78 is 6.31. The van der Waals surface area contributed by atoms with Gasteiger partial charge in [-0.05, 0) is 80.9 Å².